The Morgan fingerprint density at radius 1 is 1.27 bits per heavy atom. The number of nitrogens with zero attached hydrogens (tertiary/aromatic N) is 1. The van der Waals surface area contributed by atoms with E-state index in [1.165, 1.54) is 22.5 Å². The lowest BCUT2D eigenvalue weighted by molar-refractivity contribution is -0.895. The Balaban J connectivity index is 1.85. The fraction of sp³-hybridized carbons (Fsp3) is 0.500. The van der Waals surface area contributed by atoms with Gasteiger partial charge >= 0.3 is 6.03 Å². The third-order valence-electron chi connectivity index (χ3n) is 4.06. The van der Waals surface area contributed by atoms with Crippen molar-refractivity contribution in [1.82, 2.24) is 14.9 Å². The fourth-order valence-electron chi connectivity index (χ4n) is 2.68. The van der Waals surface area contributed by atoms with Crippen LogP contribution in [0.4, 0.5) is 9.18 Å². The Morgan fingerprint density at radius 3 is 2.58 bits per heavy atom. The second-order valence-electron chi connectivity index (χ2n) is 6.09. The Labute approximate surface area is 152 Å². The first-order chi connectivity index (χ1) is 12.3. The summed E-state index contributed by atoms with van der Waals surface area (Å²) in [6, 6.07) is 4.38. The van der Waals surface area contributed by atoms with Crippen LogP contribution in [-0.2, 0) is 14.8 Å². The summed E-state index contributed by atoms with van der Waals surface area (Å²) in [6.07, 6.45) is 0.772. The van der Waals surface area contributed by atoms with Crippen LogP contribution in [-0.4, -0.2) is 63.9 Å². The van der Waals surface area contributed by atoms with E-state index in [1.54, 1.807) is 0 Å². The Hall–Kier alpha value is -2.04. The number of hydrogen-bond donors (Lipinski definition) is 3. The maximum atomic E-state index is 13.3. The number of carbonyl (C=O) groups is 2. The highest BCUT2D eigenvalue weighted by molar-refractivity contribution is 7.89. The average Bonchev–Trinajstić information content (AvgIpc) is 2.60. The van der Waals surface area contributed by atoms with E-state index in [2.05, 4.69) is 10.6 Å². The number of piperazine rings is 1. The van der Waals surface area contributed by atoms with Crippen molar-refractivity contribution in [3.8, 4) is 0 Å². The summed E-state index contributed by atoms with van der Waals surface area (Å²) in [4.78, 5) is 24.1. The molecule has 10 heteroatoms. The fourth-order valence-corrected chi connectivity index (χ4v) is 4.15. The minimum absolute atomic E-state index is 0.0775. The highest BCUT2D eigenvalue weighted by Crippen LogP contribution is 2.16. The summed E-state index contributed by atoms with van der Waals surface area (Å²) in [5.74, 6) is -1.01. The van der Waals surface area contributed by atoms with Crippen molar-refractivity contribution in [3.05, 3.63) is 30.1 Å². The number of hydrogen-bond acceptors (Lipinski definition) is 4. The molecule has 3 amide bonds. The predicted molar refractivity (Wildman–Crippen MR) is 92.6 cm³/mol. The molecule has 0 aliphatic carbocycles. The van der Waals surface area contributed by atoms with E-state index in [-0.39, 0.29) is 24.5 Å². The molecule has 0 bridgehead atoms. The molecule has 1 aliphatic rings. The standard InChI is InChI=1S/C16H23FN4O4S/c1-2-6-18-16(23)19-15(22)12-20-7-9-21(10-8-20)26(24,25)14-5-3-4-13(17)11-14/h3-5,11H,2,6-10,12H2,1H3,(H2,18,19,22,23)/p+1. The van der Waals surface area contributed by atoms with Gasteiger partial charge in [-0.2, -0.15) is 4.31 Å². The van der Waals surface area contributed by atoms with Crippen LogP contribution in [0.15, 0.2) is 29.2 Å². The van der Waals surface area contributed by atoms with Gasteiger partial charge in [0.1, 0.15) is 5.82 Å². The molecule has 1 aromatic carbocycles. The number of sulfonamides is 1. The molecule has 1 saturated heterocycles. The smallest absolute Gasteiger partial charge is 0.321 e. The van der Waals surface area contributed by atoms with Crippen molar-refractivity contribution in [1.29, 1.82) is 0 Å². The molecule has 0 atom stereocenters. The molecule has 144 valence electrons. The summed E-state index contributed by atoms with van der Waals surface area (Å²) >= 11 is 0. The Morgan fingerprint density at radius 2 is 1.96 bits per heavy atom. The van der Waals surface area contributed by atoms with Crippen molar-refractivity contribution in [2.45, 2.75) is 18.2 Å². The second kappa shape index (κ2) is 9.06. The van der Waals surface area contributed by atoms with Crippen molar-refractivity contribution in [2.75, 3.05) is 39.3 Å². The first-order valence-corrected chi connectivity index (χ1v) is 9.94. The first kappa shape index (κ1) is 20.3. The van der Waals surface area contributed by atoms with E-state index in [9.17, 15) is 22.4 Å². The van der Waals surface area contributed by atoms with Crippen LogP contribution in [0.25, 0.3) is 0 Å². The zero-order chi connectivity index (χ0) is 19.2. The van der Waals surface area contributed by atoms with E-state index in [4.69, 9.17) is 0 Å². The highest BCUT2D eigenvalue weighted by atomic mass is 32.2. The summed E-state index contributed by atoms with van der Waals surface area (Å²) in [6.45, 7) is 3.80. The molecule has 1 aliphatic heterocycles. The van der Waals surface area contributed by atoms with Gasteiger partial charge in [0, 0.05) is 6.54 Å². The van der Waals surface area contributed by atoms with Crippen molar-refractivity contribution >= 4 is 22.0 Å². The number of amides is 3. The number of rotatable bonds is 6. The topological polar surface area (TPSA) is 100 Å². The van der Waals surface area contributed by atoms with Crippen LogP contribution >= 0.6 is 0 Å². The molecular weight excluding hydrogens is 363 g/mol. The van der Waals surface area contributed by atoms with Crippen LogP contribution in [0.5, 0.6) is 0 Å². The molecule has 1 heterocycles. The third kappa shape index (κ3) is 5.48. The minimum atomic E-state index is -3.75. The number of nitrogens with one attached hydrogen (secondary N) is 3. The van der Waals surface area contributed by atoms with Gasteiger partial charge in [-0.25, -0.2) is 17.6 Å². The van der Waals surface area contributed by atoms with Crippen LogP contribution in [0.3, 0.4) is 0 Å². The third-order valence-corrected chi connectivity index (χ3v) is 5.96. The summed E-state index contributed by atoms with van der Waals surface area (Å²) in [7, 11) is -3.75. The predicted octanol–water partition coefficient (Wildman–Crippen LogP) is -1.05. The molecule has 0 unspecified atom stereocenters. The van der Waals surface area contributed by atoms with Gasteiger partial charge in [-0.1, -0.05) is 13.0 Å². The van der Waals surface area contributed by atoms with Gasteiger partial charge in [-0.15, -0.1) is 0 Å². The van der Waals surface area contributed by atoms with Crippen molar-refractivity contribution in [2.24, 2.45) is 0 Å². The second-order valence-corrected chi connectivity index (χ2v) is 8.03. The van der Waals surface area contributed by atoms with Gasteiger partial charge in [-0.3, -0.25) is 10.1 Å². The lowest BCUT2D eigenvalue weighted by Crippen LogP contribution is -3.15. The number of carbonyl (C=O) groups excluding carboxylic acids is 2. The first-order valence-electron chi connectivity index (χ1n) is 8.50. The van der Waals surface area contributed by atoms with Gasteiger partial charge < -0.3 is 10.2 Å². The quantitative estimate of drug-likeness (QED) is 0.580. The summed E-state index contributed by atoms with van der Waals surface area (Å²) < 4.78 is 39.6. The van der Waals surface area contributed by atoms with E-state index >= 15 is 0 Å². The number of urea groups is 1. The van der Waals surface area contributed by atoms with E-state index in [0.29, 0.717) is 19.6 Å². The lowest BCUT2D eigenvalue weighted by Gasteiger charge is -2.31. The van der Waals surface area contributed by atoms with Crippen LogP contribution in [0, 0.1) is 5.82 Å². The molecule has 8 nitrogen and oxygen atoms in total. The molecule has 3 N–H and O–H groups in total. The highest BCUT2D eigenvalue weighted by Gasteiger charge is 2.31. The molecule has 26 heavy (non-hydrogen) atoms. The Kier molecular flexibility index (Phi) is 7.06. The van der Waals surface area contributed by atoms with Gasteiger partial charge in [0.2, 0.25) is 10.0 Å². The minimum Gasteiger partial charge on any atom is -0.338 e. The van der Waals surface area contributed by atoms with E-state index in [1.807, 2.05) is 6.92 Å². The molecule has 0 saturated carbocycles. The van der Waals surface area contributed by atoms with Crippen LogP contribution < -0.4 is 15.5 Å². The van der Waals surface area contributed by atoms with Crippen LogP contribution in [0.2, 0.25) is 0 Å². The SMILES string of the molecule is CCCNC(=O)NC(=O)C[NH+]1CCN(S(=O)(=O)c2cccc(F)c2)CC1. The number of imide groups is 1. The van der Waals surface area contributed by atoms with E-state index < -0.39 is 27.8 Å². The molecule has 1 aromatic rings. The molecular formula is C16H24FN4O4S+. The van der Waals surface area contributed by atoms with E-state index in [0.717, 1.165) is 17.4 Å². The Bertz CT molecular complexity index is 748. The largest absolute Gasteiger partial charge is 0.338 e. The van der Waals surface area contributed by atoms with Gasteiger partial charge in [0.25, 0.3) is 5.91 Å². The molecule has 1 fully saturated rings. The summed E-state index contributed by atoms with van der Waals surface area (Å²) in [5.41, 5.74) is 0. The van der Waals surface area contributed by atoms with Crippen LogP contribution in [0.1, 0.15) is 13.3 Å². The molecule has 0 radical (unpaired) electrons. The zero-order valence-electron chi connectivity index (χ0n) is 14.6. The van der Waals surface area contributed by atoms with Gasteiger partial charge in [0.15, 0.2) is 6.54 Å². The lowest BCUT2D eigenvalue weighted by atomic mass is 10.3. The average molecular weight is 387 g/mol. The van der Waals surface area contributed by atoms with Gasteiger partial charge in [-0.05, 0) is 24.6 Å². The van der Waals surface area contributed by atoms with Gasteiger partial charge in [0.05, 0.1) is 31.1 Å². The maximum absolute atomic E-state index is 13.3. The zero-order valence-corrected chi connectivity index (χ0v) is 15.4. The molecule has 0 spiro atoms. The van der Waals surface area contributed by atoms with Crippen molar-refractivity contribution in [3.63, 3.8) is 0 Å². The molecule has 2 rings (SSSR count). The normalized spacial score (nSPS) is 16.2. The number of quaternary nitrogens is 1. The number of halogens is 1. The van der Waals surface area contributed by atoms with Crippen molar-refractivity contribution < 1.29 is 27.3 Å². The monoisotopic (exact) mass is 387 g/mol. The maximum Gasteiger partial charge on any atom is 0.321 e. The number of benzene rings is 1. The summed E-state index contributed by atoms with van der Waals surface area (Å²) in [5, 5.41) is 4.80. The molecule has 0 aromatic heterocycles.